The van der Waals surface area contributed by atoms with Crippen LogP contribution in [-0.2, 0) is 11.2 Å². The van der Waals surface area contributed by atoms with E-state index in [0.29, 0.717) is 6.04 Å². The molecule has 2 aliphatic heterocycles. The summed E-state index contributed by atoms with van der Waals surface area (Å²) in [6.45, 7) is 3.85. The van der Waals surface area contributed by atoms with Gasteiger partial charge in [0, 0.05) is 25.6 Å². The maximum absolute atomic E-state index is 12.6. The molecule has 5 heteroatoms. The lowest BCUT2D eigenvalue weighted by molar-refractivity contribution is -0.132. The minimum absolute atomic E-state index is 0.0894. The number of urea groups is 1. The standard InChI is InChI=1S/C20H27N3O2/c1-20(18(24)22(2)19(25)21-20)15-9-6-12-23(13-15)17-11-5-8-14-7-3-4-10-16(14)17/h3-4,7,10,15,17H,5-6,8-9,11-13H2,1-2H3,(H,21,25). The Balaban J connectivity index is 1.57. The molecule has 1 aromatic rings. The van der Waals surface area contributed by atoms with E-state index >= 15 is 0 Å². The second-order valence-corrected chi connectivity index (χ2v) is 7.94. The summed E-state index contributed by atoms with van der Waals surface area (Å²) < 4.78 is 0. The van der Waals surface area contributed by atoms with Crippen LogP contribution in [0.3, 0.4) is 0 Å². The fourth-order valence-electron chi connectivity index (χ4n) is 4.95. The average Bonchev–Trinajstić information content (AvgIpc) is 2.85. The van der Waals surface area contributed by atoms with Gasteiger partial charge in [-0.05, 0) is 56.7 Å². The minimum atomic E-state index is -0.765. The van der Waals surface area contributed by atoms with Gasteiger partial charge in [-0.2, -0.15) is 0 Å². The van der Waals surface area contributed by atoms with Gasteiger partial charge in [0.1, 0.15) is 5.54 Å². The van der Waals surface area contributed by atoms with E-state index < -0.39 is 5.54 Å². The summed E-state index contributed by atoms with van der Waals surface area (Å²) >= 11 is 0. The highest BCUT2D eigenvalue weighted by Gasteiger charge is 2.52. The van der Waals surface area contributed by atoms with E-state index in [0.717, 1.165) is 25.9 Å². The molecule has 25 heavy (non-hydrogen) atoms. The van der Waals surface area contributed by atoms with Crippen LogP contribution >= 0.6 is 0 Å². The number of piperidine rings is 1. The Bertz CT molecular complexity index is 704. The molecule has 0 bridgehead atoms. The third kappa shape index (κ3) is 2.65. The van der Waals surface area contributed by atoms with Crippen LogP contribution in [0.5, 0.6) is 0 Å². The van der Waals surface area contributed by atoms with Gasteiger partial charge in [-0.15, -0.1) is 0 Å². The molecule has 1 aromatic carbocycles. The van der Waals surface area contributed by atoms with Gasteiger partial charge in [-0.1, -0.05) is 24.3 Å². The summed E-state index contributed by atoms with van der Waals surface area (Å²) in [6.07, 6.45) is 5.63. The van der Waals surface area contributed by atoms with Crippen LogP contribution in [0.25, 0.3) is 0 Å². The maximum Gasteiger partial charge on any atom is 0.324 e. The summed E-state index contributed by atoms with van der Waals surface area (Å²) in [5.41, 5.74) is 2.16. The number of carbonyl (C=O) groups is 2. The molecule has 2 saturated heterocycles. The van der Waals surface area contributed by atoms with Crippen LogP contribution in [0.4, 0.5) is 4.79 Å². The van der Waals surface area contributed by atoms with Crippen molar-refractivity contribution in [2.75, 3.05) is 20.1 Å². The van der Waals surface area contributed by atoms with E-state index in [-0.39, 0.29) is 17.9 Å². The fraction of sp³-hybridized carbons (Fsp3) is 0.600. The monoisotopic (exact) mass is 341 g/mol. The first kappa shape index (κ1) is 16.6. The summed E-state index contributed by atoms with van der Waals surface area (Å²) in [5, 5.41) is 2.95. The number of nitrogens with zero attached hydrogens (tertiary/aromatic N) is 2. The van der Waals surface area contributed by atoms with Gasteiger partial charge < -0.3 is 5.32 Å². The van der Waals surface area contributed by atoms with E-state index in [1.54, 1.807) is 7.05 Å². The van der Waals surface area contributed by atoms with Crippen molar-refractivity contribution >= 4 is 11.9 Å². The number of carbonyl (C=O) groups excluding carboxylic acids is 2. The maximum atomic E-state index is 12.6. The minimum Gasteiger partial charge on any atom is -0.323 e. The van der Waals surface area contributed by atoms with Gasteiger partial charge in [-0.3, -0.25) is 14.6 Å². The van der Waals surface area contributed by atoms with E-state index in [4.69, 9.17) is 0 Å². The van der Waals surface area contributed by atoms with Crippen molar-refractivity contribution in [2.24, 2.45) is 5.92 Å². The predicted molar refractivity (Wildman–Crippen MR) is 96.1 cm³/mol. The normalized spacial score (nSPS) is 33.3. The number of aryl methyl sites for hydroxylation is 1. The summed E-state index contributed by atoms with van der Waals surface area (Å²) in [7, 11) is 1.57. The zero-order chi connectivity index (χ0) is 17.6. The van der Waals surface area contributed by atoms with E-state index in [1.165, 1.54) is 35.3 Å². The Labute approximate surface area is 149 Å². The molecule has 1 N–H and O–H groups in total. The zero-order valence-electron chi connectivity index (χ0n) is 15.1. The van der Waals surface area contributed by atoms with Crippen molar-refractivity contribution < 1.29 is 9.59 Å². The highest BCUT2D eigenvalue weighted by Crippen LogP contribution is 2.39. The number of likely N-dealkylation sites (N-methyl/N-ethyl adjacent to an activating group) is 1. The van der Waals surface area contributed by atoms with Crippen LogP contribution < -0.4 is 5.32 Å². The molecule has 3 amide bonds. The van der Waals surface area contributed by atoms with E-state index in [2.05, 4.69) is 34.5 Å². The van der Waals surface area contributed by atoms with Crippen LogP contribution in [0, 0.1) is 5.92 Å². The number of benzene rings is 1. The smallest absolute Gasteiger partial charge is 0.323 e. The number of amides is 3. The summed E-state index contributed by atoms with van der Waals surface area (Å²) in [4.78, 5) is 28.4. The molecule has 3 atom stereocenters. The third-order valence-electron chi connectivity index (χ3n) is 6.47. The Kier molecular flexibility index (Phi) is 4.07. The molecule has 1 aliphatic carbocycles. The molecule has 5 nitrogen and oxygen atoms in total. The van der Waals surface area contributed by atoms with Gasteiger partial charge >= 0.3 is 6.03 Å². The topological polar surface area (TPSA) is 52.7 Å². The SMILES string of the molecule is CN1C(=O)NC(C)(C2CCCN(C3CCCc4ccccc43)C2)C1=O. The van der Waals surface area contributed by atoms with Gasteiger partial charge in [0.15, 0.2) is 0 Å². The van der Waals surface area contributed by atoms with Gasteiger partial charge in [-0.25, -0.2) is 4.79 Å². The number of imide groups is 1. The summed E-state index contributed by atoms with van der Waals surface area (Å²) in [5.74, 6) is 0.0742. The number of rotatable bonds is 2. The molecule has 4 rings (SSSR count). The molecular weight excluding hydrogens is 314 g/mol. The third-order valence-corrected chi connectivity index (χ3v) is 6.47. The molecule has 2 heterocycles. The molecular formula is C20H27N3O2. The Morgan fingerprint density at radius 2 is 1.96 bits per heavy atom. The lowest BCUT2D eigenvalue weighted by Gasteiger charge is -2.44. The Morgan fingerprint density at radius 1 is 1.16 bits per heavy atom. The van der Waals surface area contributed by atoms with Crippen molar-refractivity contribution in [1.29, 1.82) is 0 Å². The highest BCUT2D eigenvalue weighted by molar-refractivity contribution is 6.06. The number of likely N-dealkylation sites (tertiary alicyclic amines) is 1. The van der Waals surface area contributed by atoms with E-state index in [9.17, 15) is 9.59 Å². The van der Waals surface area contributed by atoms with Crippen LogP contribution in [-0.4, -0.2) is 47.4 Å². The molecule has 134 valence electrons. The van der Waals surface area contributed by atoms with Gasteiger partial charge in [0.05, 0.1) is 0 Å². The molecule has 3 aliphatic rings. The van der Waals surface area contributed by atoms with Crippen LogP contribution in [0.15, 0.2) is 24.3 Å². The second-order valence-electron chi connectivity index (χ2n) is 7.94. The van der Waals surface area contributed by atoms with Crippen molar-refractivity contribution in [3.05, 3.63) is 35.4 Å². The van der Waals surface area contributed by atoms with Crippen molar-refractivity contribution in [1.82, 2.24) is 15.1 Å². The largest absolute Gasteiger partial charge is 0.324 e. The lowest BCUT2D eigenvalue weighted by Crippen LogP contribution is -2.56. The van der Waals surface area contributed by atoms with Crippen LogP contribution in [0.1, 0.15) is 49.8 Å². The van der Waals surface area contributed by atoms with Crippen molar-refractivity contribution in [3.8, 4) is 0 Å². The molecule has 0 spiro atoms. The van der Waals surface area contributed by atoms with E-state index in [1.807, 2.05) is 6.92 Å². The predicted octanol–water partition coefficient (Wildman–Crippen LogP) is 2.72. The molecule has 2 fully saturated rings. The van der Waals surface area contributed by atoms with Gasteiger partial charge in [0.25, 0.3) is 5.91 Å². The lowest BCUT2D eigenvalue weighted by atomic mass is 9.78. The summed E-state index contributed by atoms with van der Waals surface area (Å²) in [6, 6.07) is 8.95. The first-order valence-corrected chi connectivity index (χ1v) is 9.43. The fourth-order valence-corrected chi connectivity index (χ4v) is 4.95. The average molecular weight is 341 g/mol. The molecule has 0 radical (unpaired) electrons. The zero-order valence-corrected chi connectivity index (χ0v) is 15.1. The number of nitrogens with one attached hydrogen (secondary N) is 1. The number of hydrogen-bond acceptors (Lipinski definition) is 3. The Hall–Kier alpha value is -1.88. The molecule has 0 saturated carbocycles. The first-order valence-electron chi connectivity index (χ1n) is 9.43. The van der Waals surface area contributed by atoms with Gasteiger partial charge in [0.2, 0.25) is 0 Å². The quantitative estimate of drug-likeness (QED) is 0.842. The second kappa shape index (κ2) is 6.13. The van der Waals surface area contributed by atoms with Crippen molar-refractivity contribution in [3.63, 3.8) is 0 Å². The van der Waals surface area contributed by atoms with Crippen molar-refractivity contribution in [2.45, 2.75) is 50.6 Å². The number of fused-ring (bicyclic) bond motifs is 1. The van der Waals surface area contributed by atoms with Crippen LogP contribution in [0.2, 0.25) is 0 Å². The first-order chi connectivity index (χ1) is 12.0. The molecule has 3 unspecified atom stereocenters. The number of hydrogen-bond donors (Lipinski definition) is 1. The highest BCUT2D eigenvalue weighted by atomic mass is 16.2. The molecule has 0 aromatic heterocycles. The Morgan fingerprint density at radius 3 is 2.72 bits per heavy atom.